The molecule has 9 nitrogen and oxygen atoms in total. The van der Waals surface area contributed by atoms with Gasteiger partial charge in [-0.2, -0.15) is 0 Å². The molecule has 3 heterocycles. The molecule has 3 aliphatic rings. The molecule has 0 aliphatic carbocycles. The van der Waals surface area contributed by atoms with Crippen molar-refractivity contribution >= 4 is 29.2 Å². The average molecular weight is 568 g/mol. The van der Waals surface area contributed by atoms with Crippen LogP contribution in [0.4, 0.5) is 11.4 Å². The second kappa shape index (κ2) is 12.8. The number of rotatable bonds is 15. The number of hydrogen-bond acceptors (Lipinski definition) is 7. The lowest BCUT2D eigenvalue weighted by Gasteiger charge is -2.37. The van der Waals surface area contributed by atoms with Crippen LogP contribution < -0.4 is 9.80 Å². The van der Waals surface area contributed by atoms with Crippen LogP contribution in [0.1, 0.15) is 52.9 Å². The van der Waals surface area contributed by atoms with Crippen molar-refractivity contribution in [1.29, 1.82) is 0 Å². The minimum absolute atomic E-state index is 0.126. The maximum Gasteiger partial charge on any atom is 0.312 e. The first-order valence-corrected chi connectivity index (χ1v) is 14.9. The summed E-state index contributed by atoms with van der Waals surface area (Å²) in [6.07, 6.45) is 6.14. The standard InChI is InChI=1S/C32H45N3O6/c1-6-10-11-22-40-30(39)26-25-28(37)35(20-12-21-36)27(32(25)18-17-31(26,5)41-32)29(38)34(19-7-2)24-15-13-23(14-16-24)33(8-3)9-4/h6-7,13-16,25-27,36H,1-2,8-12,17-22H2,3-5H3/t25-,26-,27?,31+,32?/m0/s1. The van der Waals surface area contributed by atoms with Gasteiger partial charge in [-0.05, 0) is 77.1 Å². The monoisotopic (exact) mass is 567 g/mol. The lowest BCUT2D eigenvalue weighted by molar-refractivity contribution is -0.159. The molecule has 2 amide bonds. The van der Waals surface area contributed by atoms with E-state index in [1.165, 1.54) is 4.90 Å². The number of fused-ring (bicyclic) bond motifs is 1. The fraction of sp³-hybridized carbons (Fsp3) is 0.594. The zero-order valence-electron chi connectivity index (χ0n) is 24.7. The van der Waals surface area contributed by atoms with E-state index in [4.69, 9.17) is 9.47 Å². The van der Waals surface area contributed by atoms with Crippen LogP contribution in [0.25, 0.3) is 0 Å². The molecule has 1 spiro atoms. The topological polar surface area (TPSA) is 99.6 Å². The lowest BCUT2D eigenvalue weighted by Crippen LogP contribution is -2.56. The van der Waals surface area contributed by atoms with Crippen molar-refractivity contribution in [3.8, 4) is 0 Å². The highest BCUT2D eigenvalue weighted by Gasteiger charge is 2.78. The highest BCUT2D eigenvalue weighted by atomic mass is 16.6. The summed E-state index contributed by atoms with van der Waals surface area (Å²) in [5.41, 5.74) is -0.295. The SMILES string of the molecule is C=CCCCOC(=O)[C@@H]1[C@H]2C(=O)N(CCCO)C(C(=O)N(CC=C)c3ccc(N(CC)CC)cc3)C23CC[C@@]1(C)O3. The normalized spacial score (nSPS) is 28.0. The van der Waals surface area contributed by atoms with Gasteiger partial charge in [-0.25, -0.2) is 0 Å². The second-order valence-electron chi connectivity index (χ2n) is 11.4. The van der Waals surface area contributed by atoms with Gasteiger partial charge < -0.3 is 29.3 Å². The van der Waals surface area contributed by atoms with Crippen molar-refractivity contribution in [2.45, 2.75) is 70.1 Å². The number of aliphatic hydroxyl groups is 1. The van der Waals surface area contributed by atoms with E-state index in [1.54, 1.807) is 17.1 Å². The van der Waals surface area contributed by atoms with Crippen LogP contribution in [-0.4, -0.2) is 84.4 Å². The second-order valence-corrected chi connectivity index (χ2v) is 11.4. The summed E-state index contributed by atoms with van der Waals surface area (Å²) in [5.74, 6) is -2.65. The molecule has 5 atom stereocenters. The minimum Gasteiger partial charge on any atom is -0.465 e. The Morgan fingerprint density at radius 1 is 1.12 bits per heavy atom. The van der Waals surface area contributed by atoms with Crippen molar-refractivity contribution < 1.29 is 29.0 Å². The highest BCUT2D eigenvalue weighted by molar-refractivity contribution is 6.05. The first-order chi connectivity index (χ1) is 19.7. The van der Waals surface area contributed by atoms with Gasteiger partial charge in [-0.1, -0.05) is 12.2 Å². The zero-order chi connectivity index (χ0) is 29.8. The van der Waals surface area contributed by atoms with Crippen LogP contribution in [0.2, 0.25) is 0 Å². The number of amides is 2. The molecule has 0 radical (unpaired) electrons. The van der Waals surface area contributed by atoms with Gasteiger partial charge in [0.2, 0.25) is 5.91 Å². The van der Waals surface area contributed by atoms with Crippen LogP contribution in [0, 0.1) is 11.8 Å². The Morgan fingerprint density at radius 2 is 1.80 bits per heavy atom. The van der Waals surface area contributed by atoms with Gasteiger partial charge in [-0.3, -0.25) is 14.4 Å². The number of likely N-dealkylation sites (tertiary alicyclic amines) is 1. The Kier molecular flexibility index (Phi) is 9.59. The zero-order valence-corrected chi connectivity index (χ0v) is 24.7. The molecule has 41 heavy (non-hydrogen) atoms. The van der Waals surface area contributed by atoms with Crippen molar-refractivity contribution in [2.24, 2.45) is 11.8 Å². The van der Waals surface area contributed by atoms with Crippen LogP contribution in [0.15, 0.2) is 49.6 Å². The van der Waals surface area contributed by atoms with Gasteiger partial charge in [0, 0.05) is 44.2 Å². The molecule has 3 aliphatic heterocycles. The number of allylic oxidation sites excluding steroid dienone is 1. The molecular weight excluding hydrogens is 522 g/mol. The lowest BCUT2D eigenvalue weighted by atomic mass is 9.66. The predicted octanol–water partition coefficient (Wildman–Crippen LogP) is 3.71. The first kappa shape index (κ1) is 30.8. The van der Waals surface area contributed by atoms with E-state index in [2.05, 4.69) is 31.9 Å². The number of nitrogens with zero attached hydrogens (tertiary/aromatic N) is 3. The Bertz CT molecular complexity index is 1130. The van der Waals surface area contributed by atoms with Gasteiger partial charge in [0.25, 0.3) is 5.91 Å². The Balaban J connectivity index is 1.69. The average Bonchev–Trinajstić information content (AvgIpc) is 3.54. The summed E-state index contributed by atoms with van der Waals surface area (Å²) in [6, 6.07) is 6.88. The number of carbonyl (C=O) groups excluding carboxylic acids is 3. The van der Waals surface area contributed by atoms with Crippen LogP contribution >= 0.6 is 0 Å². The third kappa shape index (κ3) is 5.42. The third-order valence-corrected chi connectivity index (χ3v) is 8.99. The quantitative estimate of drug-likeness (QED) is 0.196. The summed E-state index contributed by atoms with van der Waals surface area (Å²) >= 11 is 0. The maximum atomic E-state index is 14.5. The van der Waals surface area contributed by atoms with Crippen molar-refractivity contribution in [2.75, 3.05) is 49.2 Å². The number of ether oxygens (including phenoxy) is 2. The number of carbonyl (C=O) groups is 3. The molecule has 224 valence electrons. The minimum atomic E-state index is -1.15. The van der Waals surface area contributed by atoms with Crippen molar-refractivity contribution in [3.05, 3.63) is 49.6 Å². The van der Waals surface area contributed by atoms with E-state index in [0.29, 0.717) is 31.4 Å². The number of esters is 1. The molecule has 4 rings (SSSR count). The maximum absolute atomic E-state index is 14.5. The number of unbranched alkanes of at least 4 members (excludes halogenated alkanes) is 1. The molecule has 3 fully saturated rings. The summed E-state index contributed by atoms with van der Waals surface area (Å²) in [7, 11) is 0. The smallest absolute Gasteiger partial charge is 0.312 e. The van der Waals surface area contributed by atoms with Gasteiger partial charge in [0.05, 0.1) is 18.1 Å². The van der Waals surface area contributed by atoms with E-state index in [1.807, 2.05) is 31.2 Å². The molecule has 0 saturated carbocycles. The van der Waals surface area contributed by atoms with Crippen LogP contribution in [-0.2, 0) is 23.9 Å². The predicted molar refractivity (Wildman–Crippen MR) is 159 cm³/mol. The van der Waals surface area contributed by atoms with Crippen molar-refractivity contribution in [3.63, 3.8) is 0 Å². The van der Waals surface area contributed by atoms with E-state index in [0.717, 1.165) is 25.2 Å². The van der Waals surface area contributed by atoms with Gasteiger partial charge >= 0.3 is 5.97 Å². The summed E-state index contributed by atoms with van der Waals surface area (Å²) in [4.78, 5) is 47.4. The molecule has 9 heteroatoms. The molecule has 3 saturated heterocycles. The number of anilines is 2. The molecule has 2 bridgehead atoms. The summed E-state index contributed by atoms with van der Waals surface area (Å²) in [5, 5.41) is 9.61. The summed E-state index contributed by atoms with van der Waals surface area (Å²) in [6.45, 7) is 15.9. The first-order valence-electron chi connectivity index (χ1n) is 14.9. The highest BCUT2D eigenvalue weighted by Crippen LogP contribution is 2.63. The fourth-order valence-electron chi connectivity index (χ4n) is 7.07. The number of benzene rings is 1. The van der Waals surface area contributed by atoms with Gasteiger partial charge in [0.15, 0.2) is 0 Å². The van der Waals surface area contributed by atoms with Gasteiger partial charge in [0.1, 0.15) is 17.6 Å². The Labute approximate surface area is 243 Å². The van der Waals surface area contributed by atoms with Crippen molar-refractivity contribution in [1.82, 2.24) is 4.90 Å². The fourth-order valence-corrected chi connectivity index (χ4v) is 7.07. The van der Waals surface area contributed by atoms with E-state index in [-0.39, 0.29) is 38.1 Å². The Morgan fingerprint density at radius 3 is 2.41 bits per heavy atom. The Hall–Kier alpha value is -3.17. The molecule has 1 aromatic carbocycles. The van der Waals surface area contributed by atoms with E-state index < -0.39 is 35.0 Å². The van der Waals surface area contributed by atoms with E-state index >= 15 is 0 Å². The van der Waals surface area contributed by atoms with Crippen LogP contribution in [0.5, 0.6) is 0 Å². The largest absolute Gasteiger partial charge is 0.465 e. The van der Waals surface area contributed by atoms with Gasteiger partial charge in [-0.15, -0.1) is 13.2 Å². The number of hydrogen-bond donors (Lipinski definition) is 1. The molecule has 2 unspecified atom stereocenters. The van der Waals surface area contributed by atoms with E-state index in [9.17, 15) is 19.5 Å². The number of aliphatic hydroxyl groups excluding tert-OH is 1. The third-order valence-electron chi connectivity index (χ3n) is 8.99. The molecule has 1 aromatic rings. The molecule has 0 aromatic heterocycles. The molecule has 1 N–H and O–H groups in total. The molecular formula is C32H45N3O6. The van der Waals surface area contributed by atoms with Crippen LogP contribution in [0.3, 0.4) is 0 Å². The summed E-state index contributed by atoms with van der Waals surface area (Å²) < 4.78 is 12.3.